The van der Waals surface area contributed by atoms with E-state index in [0.29, 0.717) is 16.0 Å². The lowest BCUT2D eigenvalue weighted by molar-refractivity contribution is -0.113. The van der Waals surface area contributed by atoms with E-state index in [1.807, 2.05) is 66.7 Å². The van der Waals surface area contributed by atoms with Gasteiger partial charge in [0.2, 0.25) is 0 Å². The van der Waals surface area contributed by atoms with Gasteiger partial charge >= 0.3 is 0 Å². The molecule has 1 amide bonds. The number of anilines is 2. The van der Waals surface area contributed by atoms with Crippen LogP contribution in [0.4, 0.5) is 17.1 Å². The Kier molecular flexibility index (Phi) is 6.28. The largest absolute Gasteiger partial charge is 0.366 e. The fraction of sp³-hybridized carbons (Fsp3) is 0.267. The Hall–Kier alpha value is -3.31. The van der Waals surface area contributed by atoms with Crippen molar-refractivity contribution in [2.45, 2.75) is 45.6 Å². The van der Waals surface area contributed by atoms with E-state index in [-0.39, 0.29) is 11.4 Å². The molecule has 0 spiro atoms. The van der Waals surface area contributed by atoms with Crippen LogP contribution in [0.1, 0.15) is 51.2 Å². The molecule has 178 valence electrons. The van der Waals surface area contributed by atoms with Crippen molar-refractivity contribution in [3.05, 3.63) is 94.9 Å². The third-order valence-electron chi connectivity index (χ3n) is 6.83. The minimum atomic E-state index is -0.0435. The SMILES string of the molecule is CCN1c2ccc(/C=C3\SC(=Nc4ccccc4)N(c4ccccc4)C3=O)cc2C(C)CC1(C)C. The molecule has 3 aromatic rings. The number of thioether (sulfide) groups is 1. The monoisotopic (exact) mass is 481 g/mol. The highest BCUT2D eigenvalue weighted by molar-refractivity contribution is 8.19. The predicted octanol–water partition coefficient (Wildman–Crippen LogP) is 7.61. The minimum absolute atomic E-state index is 0.0435. The van der Waals surface area contributed by atoms with Gasteiger partial charge in [0, 0.05) is 17.8 Å². The minimum Gasteiger partial charge on any atom is -0.366 e. The molecule has 0 N–H and O–H groups in total. The van der Waals surface area contributed by atoms with E-state index in [1.165, 1.54) is 23.0 Å². The summed E-state index contributed by atoms with van der Waals surface area (Å²) in [6.45, 7) is 10.2. The van der Waals surface area contributed by atoms with Crippen molar-refractivity contribution >= 4 is 46.0 Å². The average Bonchev–Trinajstić information content (AvgIpc) is 3.14. The van der Waals surface area contributed by atoms with Gasteiger partial charge < -0.3 is 4.90 Å². The van der Waals surface area contributed by atoms with Crippen LogP contribution in [0, 0.1) is 0 Å². The third-order valence-corrected chi connectivity index (χ3v) is 7.79. The summed E-state index contributed by atoms with van der Waals surface area (Å²) in [5.41, 5.74) is 5.50. The molecule has 0 saturated carbocycles. The molecule has 4 nitrogen and oxygen atoms in total. The van der Waals surface area contributed by atoms with Crippen molar-refractivity contribution in [2.24, 2.45) is 4.99 Å². The summed E-state index contributed by atoms with van der Waals surface area (Å²) in [6.07, 6.45) is 3.12. The summed E-state index contributed by atoms with van der Waals surface area (Å²) < 4.78 is 0. The van der Waals surface area contributed by atoms with Gasteiger partial charge in [-0.3, -0.25) is 9.69 Å². The van der Waals surface area contributed by atoms with Crippen LogP contribution < -0.4 is 9.80 Å². The Morgan fingerprint density at radius 1 is 1.03 bits per heavy atom. The first-order valence-electron chi connectivity index (χ1n) is 12.2. The lowest BCUT2D eigenvalue weighted by atomic mass is 9.79. The summed E-state index contributed by atoms with van der Waals surface area (Å²) in [5, 5.41) is 0.670. The second-order valence-corrected chi connectivity index (χ2v) is 10.8. The number of aliphatic imine (C=N–C) groups is 1. The number of fused-ring (bicyclic) bond motifs is 1. The van der Waals surface area contributed by atoms with Gasteiger partial charge in [-0.05, 0) is 98.5 Å². The molecule has 1 saturated heterocycles. The number of para-hydroxylation sites is 2. The average molecular weight is 482 g/mol. The molecule has 0 aromatic heterocycles. The first-order chi connectivity index (χ1) is 16.9. The zero-order valence-corrected chi connectivity index (χ0v) is 21.5. The number of amides is 1. The molecule has 1 fully saturated rings. The van der Waals surface area contributed by atoms with Crippen LogP contribution >= 0.6 is 11.8 Å². The van der Waals surface area contributed by atoms with Gasteiger partial charge in [-0.1, -0.05) is 49.4 Å². The maximum Gasteiger partial charge on any atom is 0.271 e. The van der Waals surface area contributed by atoms with Gasteiger partial charge in [-0.25, -0.2) is 4.99 Å². The Balaban J connectivity index is 1.53. The van der Waals surface area contributed by atoms with E-state index in [9.17, 15) is 4.79 Å². The molecule has 5 heteroatoms. The molecule has 35 heavy (non-hydrogen) atoms. The summed E-state index contributed by atoms with van der Waals surface area (Å²) >= 11 is 1.43. The molecule has 2 heterocycles. The van der Waals surface area contributed by atoms with Crippen LogP contribution in [0.3, 0.4) is 0 Å². The number of nitrogens with zero attached hydrogens (tertiary/aromatic N) is 3. The lowest BCUT2D eigenvalue weighted by Gasteiger charge is -2.47. The van der Waals surface area contributed by atoms with Crippen molar-refractivity contribution in [1.82, 2.24) is 0 Å². The van der Waals surface area contributed by atoms with Crippen LogP contribution in [0.5, 0.6) is 0 Å². The summed E-state index contributed by atoms with van der Waals surface area (Å²) in [7, 11) is 0. The fourth-order valence-electron chi connectivity index (χ4n) is 5.32. The number of rotatable bonds is 4. The van der Waals surface area contributed by atoms with E-state index < -0.39 is 0 Å². The van der Waals surface area contributed by atoms with E-state index in [4.69, 9.17) is 4.99 Å². The highest BCUT2D eigenvalue weighted by Crippen LogP contribution is 2.44. The van der Waals surface area contributed by atoms with E-state index in [1.54, 1.807) is 4.90 Å². The van der Waals surface area contributed by atoms with Crippen molar-refractivity contribution in [3.8, 4) is 0 Å². The van der Waals surface area contributed by atoms with Gasteiger partial charge in [0.1, 0.15) is 0 Å². The summed E-state index contributed by atoms with van der Waals surface area (Å²) in [5.74, 6) is 0.419. The molecule has 1 atom stereocenters. The van der Waals surface area contributed by atoms with E-state index >= 15 is 0 Å². The van der Waals surface area contributed by atoms with Gasteiger partial charge in [-0.15, -0.1) is 0 Å². The normalized spacial score (nSPS) is 21.6. The molecule has 1 unspecified atom stereocenters. The first-order valence-corrected chi connectivity index (χ1v) is 13.0. The van der Waals surface area contributed by atoms with Gasteiger partial charge in [0.15, 0.2) is 5.17 Å². The van der Waals surface area contributed by atoms with Crippen LogP contribution in [0.25, 0.3) is 6.08 Å². The molecule has 0 aliphatic carbocycles. The van der Waals surface area contributed by atoms with Crippen LogP contribution in [0.15, 0.2) is 88.8 Å². The van der Waals surface area contributed by atoms with E-state index in [0.717, 1.165) is 29.9 Å². The second kappa shape index (κ2) is 9.38. The Morgan fingerprint density at radius 3 is 2.40 bits per heavy atom. The van der Waals surface area contributed by atoms with Crippen LogP contribution in [-0.2, 0) is 4.79 Å². The number of carbonyl (C=O) groups excluding carboxylic acids is 1. The number of hydrogen-bond donors (Lipinski definition) is 0. The van der Waals surface area contributed by atoms with Crippen molar-refractivity contribution < 1.29 is 4.79 Å². The molecule has 3 aromatic carbocycles. The summed E-state index contributed by atoms with van der Waals surface area (Å²) in [4.78, 5) is 23.3. The molecule has 2 aliphatic heterocycles. The third kappa shape index (κ3) is 4.53. The Bertz CT molecular complexity index is 1300. The topological polar surface area (TPSA) is 35.9 Å². The summed E-state index contributed by atoms with van der Waals surface area (Å²) in [6, 6.07) is 26.2. The van der Waals surface area contributed by atoms with Gasteiger partial charge in [-0.2, -0.15) is 0 Å². The highest BCUT2D eigenvalue weighted by Gasteiger charge is 2.37. The number of carbonyl (C=O) groups is 1. The molecule has 0 bridgehead atoms. The van der Waals surface area contributed by atoms with Crippen LogP contribution in [-0.4, -0.2) is 23.2 Å². The first kappa shape index (κ1) is 23.4. The molecular weight excluding hydrogens is 450 g/mol. The predicted molar refractivity (Wildman–Crippen MR) is 150 cm³/mol. The van der Waals surface area contributed by atoms with E-state index in [2.05, 4.69) is 50.8 Å². The van der Waals surface area contributed by atoms with Crippen molar-refractivity contribution in [2.75, 3.05) is 16.3 Å². The molecule has 5 rings (SSSR count). The quantitative estimate of drug-likeness (QED) is 0.360. The van der Waals surface area contributed by atoms with Gasteiger partial charge in [0.25, 0.3) is 5.91 Å². The lowest BCUT2D eigenvalue weighted by Crippen LogP contribution is -2.48. The number of benzene rings is 3. The molecule has 2 aliphatic rings. The second-order valence-electron chi connectivity index (χ2n) is 9.80. The van der Waals surface area contributed by atoms with Crippen molar-refractivity contribution in [1.29, 1.82) is 0 Å². The standard InChI is InChI=1S/C30H31N3OS/c1-5-32-26-17-16-22(18-25(26)21(2)20-30(32,3)4)19-27-28(34)33(24-14-10-7-11-15-24)29(35-27)31-23-12-8-6-9-13-23/h6-19,21H,5,20H2,1-4H3/b27-19-,31-29?. The number of amidine groups is 1. The smallest absolute Gasteiger partial charge is 0.271 e. The maximum absolute atomic E-state index is 13.6. The van der Waals surface area contributed by atoms with Crippen molar-refractivity contribution in [3.63, 3.8) is 0 Å². The molecular formula is C30H31N3OS. The zero-order chi connectivity index (χ0) is 24.6. The molecule has 0 radical (unpaired) electrons. The number of hydrogen-bond acceptors (Lipinski definition) is 4. The van der Waals surface area contributed by atoms with Crippen LogP contribution in [0.2, 0.25) is 0 Å². The highest BCUT2D eigenvalue weighted by atomic mass is 32.2. The Morgan fingerprint density at radius 2 is 1.71 bits per heavy atom. The Labute approximate surface area is 212 Å². The fourth-order valence-corrected chi connectivity index (χ4v) is 6.32. The zero-order valence-electron chi connectivity index (χ0n) is 20.7. The maximum atomic E-state index is 13.6. The van der Waals surface area contributed by atoms with Gasteiger partial charge in [0.05, 0.1) is 16.3 Å².